The quantitative estimate of drug-likeness (QED) is 0.592. The van der Waals surface area contributed by atoms with Gasteiger partial charge in [-0.05, 0) is 41.7 Å². The van der Waals surface area contributed by atoms with Crippen molar-refractivity contribution >= 4 is 11.6 Å². The van der Waals surface area contributed by atoms with Crippen molar-refractivity contribution in [3.63, 3.8) is 0 Å². The maximum atomic E-state index is 12.3. The van der Waals surface area contributed by atoms with Gasteiger partial charge < -0.3 is 14.9 Å². The fourth-order valence-electron chi connectivity index (χ4n) is 2.87. The van der Waals surface area contributed by atoms with Crippen LogP contribution < -0.4 is 4.74 Å². The van der Waals surface area contributed by atoms with Gasteiger partial charge in [-0.3, -0.25) is 0 Å². The largest absolute Gasteiger partial charge is 0.491 e. The molecule has 0 amide bonds. The van der Waals surface area contributed by atoms with Crippen LogP contribution in [0.1, 0.15) is 37.0 Å². The number of hydrogen-bond acceptors (Lipinski definition) is 3. The number of aliphatic hydroxyl groups excluding tert-OH is 2. The standard InChI is InChI=1S/C22H28ClFO3/c1-22(2,17-6-3-16(4-7-17)5-10-19(25)13-23)18-8-11-21(12-9-18)27-15-20(26)14-24/h3-4,6-9,11-12,19-20,25-26H,5,10,13-15H2,1-2H3. The van der Waals surface area contributed by atoms with Crippen LogP contribution in [0.25, 0.3) is 0 Å². The zero-order chi connectivity index (χ0) is 19.9. The number of benzene rings is 2. The van der Waals surface area contributed by atoms with Crippen molar-refractivity contribution in [3.05, 3.63) is 65.2 Å². The summed E-state index contributed by atoms with van der Waals surface area (Å²) in [6.07, 6.45) is -0.101. The first-order valence-corrected chi connectivity index (χ1v) is 9.71. The third-order valence-electron chi connectivity index (χ3n) is 4.82. The molecule has 0 spiro atoms. The normalized spacial score (nSPS) is 14.0. The molecule has 2 aromatic rings. The molecule has 0 saturated heterocycles. The van der Waals surface area contributed by atoms with E-state index in [4.69, 9.17) is 16.3 Å². The first-order valence-electron chi connectivity index (χ1n) is 9.17. The lowest BCUT2D eigenvalue weighted by Gasteiger charge is -2.26. The van der Waals surface area contributed by atoms with Gasteiger partial charge in [0.1, 0.15) is 25.1 Å². The maximum Gasteiger partial charge on any atom is 0.119 e. The Kier molecular flexibility index (Phi) is 8.08. The molecule has 2 atom stereocenters. The van der Waals surface area contributed by atoms with Crippen molar-refractivity contribution in [3.8, 4) is 5.75 Å². The van der Waals surface area contributed by atoms with E-state index in [1.165, 1.54) is 11.1 Å². The molecule has 0 bridgehead atoms. The SMILES string of the molecule is CC(C)(c1ccc(CCC(O)CCl)cc1)c1ccc(OCC(O)CF)cc1. The van der Waals surface area contributed by atoms with Crippen molar-refractivity contribution in [1.29, 1.82) is 0 Å². The lowest BCUT2D eigenvalue weighted by Crippen LogP contribution is -2.20. The van der Waals surface area contributed by atoms with E-state index >= 15 is 0 Å². The van der Waals surface area contributed by atoms with Crippen molar-refractivity contribution in [2.45, 2.75) is 44.3 Å². The van der Waals surface area contributed by atoms with E-state index in [1.807, 2.05) is 24.3 Å². The molecule has 2 aromatic carbocycles. The second kappa shape index (κ2) is 10.1. The molecule has 2 N–H and O–H groups in total. The summed E-state index contributed by atoms with van der Waals surface area (Å²) >= 11 is 5.64. The van der Waals surface area contributed by atoms with Crippen LogP contribution in [0.5, 0.6) is 5.75 Å². The van der Waals surface area contributed by atoms with Crippen molar-refractivity contribution < 1.29 is 19.3 Å². The Hall–Kier alpha value is -1.62. The highest BCUT2D eigenvalue weighted by Crippen LogP contribution is 2.32. The highest BCUT2D eigenvalue weighted by atomic mass is 35.5. The van der Waals surface area contributed by atoms with Crippen molar-refractivity contribution in [1.82, 2.24) is 0 Å². The minimum atomic E-state index is -1.09. The molecular formula is C22H28ClFO3. The van der Waals surface area contributed by atoms with Crippen LogP contribution in [0.15, 0.2) is 48.5 Å². The van der Waals surface area contributed by atoms with Crippen LogP contribution >= 0.6 is 11.6 Å². The minimum Gasteiger partial charge on any atom is -0.491 e. The summed E-state index contributed by atoms with van der Waals surface area (Å²) in [4.78, 5) is 0. The summed E-state index contributed by atoms with van der Waals surface area (Å²) in [5.74, 6) is 0.868. The van der Waals surface area contributed by atoms with Gasteiger partial charge in [-0.15, -0.1) is 11.6 Å². The highest BCUT2D eigenvalue weighted by molar-refractivity contribution is 6.18. The molecule has 3 nitrogen and oxygen atoms in total. The van der Waals surface area contributed by atoms with E-state index in [9.17, 15) is 14.6 Å². The van der Waals surface area contributed by atoms with Gasteiger partial charge in [-0.1, -0.05) is 50.2 Å². The molecule has 0 radical (unpaired) electrons. The summed E-state index contributed by atoms with van der Waals surface area (Å²) in [5.41, 5.74) is 3.30. The Balaban J connectivity index is 2.04. The van der Waals surface area contributed by atoms with Crippen molar-refractivity contribution in [2.75, 3.05) is 19.2 Å². The van der Waals surface area contributed by atoms with Crippen LogP contribution in [0.2, 0.25) is 0 Å². The van der Waals surface area contributed by atoms with Crippen LogP contribution in [0.3, 0.4) is 0 Å². The average Bonchev–Trinajstić information content (AvgIpc) is 2.70. The van der Waals surface area contributed by atoms with Gasteiger partial charge >= 0.3 is 0 Å². The summed E-state index contributed by atoms with van der Waals surface area (Å²) < 4.78 is 17.7. The molecule has 0 aliphatic carbocycles. The smallest absolute Gasteiger partial charge is 0.119 e. The minimum absolute atomic E-state index is 0.0564. The van der Waals surface area contributed by atoms with Crippen LogP contribution in [0, 0.1) is 0 Å². The van der Waals surface area contributed by atoms with Crippen LogP contribution in [0.4, 0.5) is 4.39 Å². The zero-order valence-corrected chi connectivity index (χ0v) is 16.6. The summed E-state index contributed by atoms with van der Waals surface area (Å²) in [7, 11) is 0. The number of halogens is 2. The fourth-order valence-corrected chi connectivity index (χ4v) is 3.02. The molecular weight excluding hydrogens is 367 g/mol. The van der Waals surface area contributed by atoms with Gasteiger partial charge in [0.15, 0.2) is 0 Å². The number of alkyl halides is 2. The van der Waals surface area contributed by atoms with Crippen molar-refractivity contribution in [2.24, 2.45) is 0 Å². The second-order valence-corrected chi connectivity index (χ2v) is 7.62. The zero-order valence-electron chi connectivity index (χ0n) is 15.9. The molecule has 0 aliphatic heterocycles. The Morgan fingerprint density at radius 3 is 2.04 bits per heavy atom. The summed E-state index contributed by atoms with van der Waals surface area (Å²) in [6, 6.07) is 16.1. The lowest BCUT2D eigenvalue weighted by atomic mass is 9.78. The van der Waals surface area contributed by atoms with Gasteiger partial charge in [0.2, 0.25) is 0 Å². The Labute approximate surface area is 165 Å². The number of rotatable bonds is 10. The molecule has 2 rings (SSSR count). The average molecular weight is 395 g/mol. The van der Waals surface area contributed by atoms with E-state index in [1.54, 1.807) is 0 Å². The molecule has 27 heavy (non-hydrogen) atoms. The Morgan fingerprint density at radius 1 is 0.963 bits per heavy atom. The maximum absolute atomic E-state index is 12.3. The molecule has 148 valence electrons. The summed E-state index contributed by atoms with van der Waals surface area (Å²) in [6.45, 7) is 3.44. The predicted octanol–water partition coefficient (Wildman–Crippen LogP) is 4.25. The first-order chi connectivity index (χ1) is 12.9. The summed E-state index contributed by atoms with van der Waals surface area (Å²) in [5, 5.41) is 18.8. The number of hydrogen-bond donors (Lipinski definition) is 2. The van der Waals surface area contributed by atoms with Gasteiger partial charge in [0, 0.05) is 11.3 Å². The monoisotopic (exact) mass is 394 g/mol. The van der Waals surface area contributed by atoms with E-state index in [2.05, 4.69) is 38.1 Å². The Morgan fingerprint density at radius 2 is 1.52 bits per heavy atom. The highest BCUT2D eigenvalue weighted by Gasteiger charge is 2.23. The third-order valence-corrected chi connectivity index (χ3v) is 5.17. The second-order valence-electron chi connectivity index (χ2n) is 7.31. The first kappa shape index (κ1) is 21.7. The van der Waals surface area contributed by atoms with Gasteiger partial charge in [0.25, 0.3) is 0 Å². The molecule has 5 heteroatoms. The molecule has 0 fully saturated rings. The number of aliphatic hydroxyl groups is 2. The Bertz CT molecular complexity index is 626. The predicted molar refractivity (Wildman–Crippen MR) is 108 cm³/mol. The molecule has 0 saturated carbocycles. The van der Waals surface area contributed by atoms with Gasteiger partial charge in [-0.25, -0.2) is 4.39 Å². The fraction of sp³-hybridized carbons (Fsp3) is 0.455. The van der Waals surface area contributed by atoms with E-state index < -0.39 is 18.9 Å². The van der Waals surface area contributed by atoms with Crippen LogP contribution in [-0.2, 0) is 11.8 Å². The van der Waals surface area contributed by atoms with E-state index in [-0.39, 0.29) is 17.9 Å². The topological polar surface area (TPSA) is 49.7 Å². The van der Waals surface area contributed by atoms with Gasteiger partial charge in [0.05, 0.1) is 6.10 Å². The number of ether oxygens (including phenoxy) is 1. The third kappa shape index (κ3) is 6.20. The molecule has 2 unspecified atom stereocenters. The molecule has 0 heterocycles. The lowest BCUT2D eigenvalue weighted by molar-refractivity contribution is 0.0842. The molecule has 0 aliphatic rings. The van der Waals surface area contributed by atoms with E-state index in [0.717, 1.165) is 12.0 Å². The number of aryl methyl sites for hydroxylation is 1. The van der Waals surface area contributed by atoms with Gasteiger partial charge in [-0.2, -0.15) is 0 Å². The van der Waals surface area contributed by atoms with E-state index in [0.29, 0.717) is 12.2 Å². The van der Waals surface area contributed by atoms with Crippen LogP contribution in [-0.4, -0.2) is 41.6 Å². The molecule has 0 aromatic heterocycles.